The van der Waals surface area contributed by atoms with Crippen molar-refractivity contribution in [3.05, 3.63) is 44.9 Å². The Hall–Kier alpha value is -1.39. The van der Waals surface area contributed by atoms with Crippen molar-refractivity contribution in [1.82, 2.24) is 4.98 Å². The molecule has 21 heavy (non-hydrogen) atoms. The second-order valence-electron chi connectivity index (χ2n) is 5.61. The van der Waals surface area contributed by atoms with Crippen LogP contribution in [0.4, 0.5) is 0 Å². The van der Waals surface area contributed by atoms with E-state index in [9.17, 15) is 0 Å². The zero-order valence-corrected chi connectivity index (χ0v) is 14.1. The molecule has 0 radical (unpaired) electrons. The Morgan fingerprint density at radius 3 is 2.48 bits per heavy atom. The molecule has 0 spiro atoms. The van der Waals surface area contributed by atoms with E-state index in [0.717, 1.165) is 40.4 Å². The van der Waals surface area contributed by atoms with Crippen LogP contribution in [0.5, 0.6) is 5.75 Å². The Bertz CT molecular complexity index is 582. The Balaban J connectivity index is 2.09. The van der Waals surface area contributed by atoms with Crippen LogP contribution in [0, 0.1) is 13.8 Å². The fraction of sp³-hybridized carbons (Fsp3) is 0.471. The van der Waals surface area contributed by atoms with Crippen LogP contribution in [-0.2, 0) is 19.4 Å². The Morgan fingerprint density at radius 1 is 1.29 bits per heavy atom. The van der Waals surface area contributed by atoms with E-state index in [1.165, 1.54) is 5.56 Å². The minimum atomic E-state index is 0.179. The standard InChI is InChI=1S/C17H24N2OS/c1-5-16-19-15(10-21-16)9-20-17-11(2)6-14(7-12(17)3)8-13(4)18/h6-7,10,13H,5,8-9,18H2,1-4H3. The topological polar surface area (TPSA) is 48.1 Å². The van der Waals surface area contributed by atoms with Gasteiger partial charge in [-0.25, -0.2) is 4.98 Å². The van der Waals surface area contributed by atoms with E-state index in [4.69, 9.17) is 10.5 Å². The highest BCUT2D eigenvalue weighted by Gasteiger charge is 2.09. The molecule has 1 aromatic heterocycles. The van der Waals surface area contributed by atoms with Crippen LogP contribution in [0.15, 0.2) is 17.5 Å². The molecule has 2 rings (SSSR count). The van der Waals surface area contributed by atoms with Gasteiger partial charge in [0.2, 0.25) is 0 Å². The average molecular weight is 304 g/mol. The molecule has 1 atom stereocenters. The third-order valence-corrected chi connectivity index (χ3v) is 4.39. The van der Waals surface area contributed by atoms with Crippen molar-refractivity contribution in [2.75, 3.05) is 0 Å². The number of aromatic nitrogens is 1. The first kappa shape index (κ1) is 16.0. The van der Waals surface area contributed by atoms with Gasteiger partial charge in [-0.05, 0) is 50.3 Å². The number of ether oxygens (including phenoxy) is 1. The van der Waals surface area contributed by atoms with Crippen LogP contribution in [0.2, 0.25) is 0 Å². The number of rotatable bonds is 6. The zero-order valence-electron chi connectivity index (χ0n) is 13.3. The predicted molar refractivity (Wildman–Crippen MR) is 89.1 cm³/mol. The quantitative estimate of drug-likeness (QED) is 0.883. The van der Waals surface area contributed by atoms with Gasteiger partial charge in [-0.1, -0.05) is 19.1 Å². The molecule has 0 saturated carbocycles. The summed E-state index contributed by atoms with van der Waals surface area (Å²) < 4.78 is 5.98. The lowest BCUT2D eigenvalue weighted by molar-refractivity contribution is 0.297. The van der Waals surface area contributed by atoms with Gasteiger partial charge >= 0.3 is 0 Å². The second kappa shape index (κ2) is 7.05. The summed E-state index contributed by atoms with van der Waals surface area (Å²) >= 11 is 1.70. The van der Waals surface area contributed by atoms with E-state index in [2.05, 4.69) is 43.3 Å². The van der Waals surface area contributed by atoms with Crippen LogP contribution in [0.25, 0.3) is 0 Å². The maximum absolute atomic E-state index is 5.98. The molecule has 0 fully saturated rings. The van der Waals surface area contributed by atoms with Crippen molar-refractivity contribution < 1.29 is 4.74 Å². The predicted octanol–water partition coefficient (Wildman–Crippen LogP) is 3.79. The Labute approximate surface area is 131 Å². The van der Waals surface area contributed by atoms with Gasteiger partial charge in [0.05, 0.1) is 10.7 Å². The number of aryl methyl sites for hydroxylation is 3. The first-order chi connectivity index (χ1) is 9.99. The van der Waals surface area contributed by atoms with Crippen molar-refractivity contribution in [2.24, 2.45) is 5.73 Å². The summed E-state index contributed by atoms with van der Waals surface area (Å²) in [7, 11) is 0. The highest BCUT2D eigenvalue weighted by Crippen LogP contribution is 2.26. The largest absolute Gasteiger partial charge is 0.487 e. The molecule has 1 heterocycles. The highest BCUT2D eigenvalue weighted by molar-refractivity contribution is 7.09. The van der Waals surface area contributed by atoms with Crippen molar-refractivity contribution in [2.45, 2.75) is 53.2 Å². The molecular weight excluding hydrogens is 280 g/mol. The molecule has 4 heteroatoms. The second-order valence-corrected chi connectivity index (χ2v) is 6.56. The Kier molecular flexibility index (Phi) is 5.37. The number of benzene rings is 1. The monoisotopic (exact) mass is 304 g/mol. The van der Waals surface area contributed by atoms with Crippen molar-refractivity contribution in [3.63, 3.8) is 0 Å². The zero-order chi connectivity index (χ0) is 15.4. The van der Waals surface area contributed by atoms with Gasteiger partial charge in [-0.3, -0.25) is 0 Å². The molecule has 0 aliphatic rings. The fourth-order valence-electron chi connectivity index (χ4n) is 2.48. The number of hydrogen-bond acceptors (Lipinski definition) is 4. The number of nitrogens with zero attached hydrogens (tertiary/aromatic N) is 1. The third kappa shape index (κ3) is 4.29. The van der Waals surface area contributed by atoms with E-state index < -0.39 is 0 Å². The van der Waals surface area contributed by atoms with E-state index in [1.807, 2.05) is 6.92 Å². The molecule has 3 nitrogen and oxygen atoms in total. The van der Waals surface area contributed by atoms with Crippen LogP contribution >= 0.6 is 11.3 Å². The van der Waals surface area contributed by atoms with E-state index in [0.29, 0.717) is 6.61 Å². The minimum absolute atomic E-state index is 0.179. The van der Waals surface area contributed by atoms with Crippen molar-refractivity contribution in [3.8, 4) is 5.75 Å². The van der Waals surface area contributed by atoms with Gasteiger partial charge in [0, 0.05) is 11.4 Å². The molecule has 2 aromatic rings. The number of hydrogen-bond donors (Lipinski definition) is 1. The molecule has 1 aromatic carbocycles. The number of nitrogens with two attached hydrogens (primary N) is 1. The summed E-state index contributed by atoms with van der Waals surface area (Å²) in [6.07, 6.45) is 1.88. The van der Waals surface area contributed by atoms with Crippen molar-refractivity contribution in [1.29, 1.82) is 0 Å². The summed E-state index contributed by atoms with van der Waals surface area (Å²) in [6, 6.07) is 4.52. The molecule has 1 unspecified atom stereocenters. The summed E-state index contributed by atoms with van der Waals surface area (Å²) in [6.45, 7) is 8.86. The van der Waals surface area contributed by atoms with E-state index in [1.54, 1.807) is 11.3 Å². The molecule has 0 bridgehead atoms. The lowest BCUT2D eigenvalue weighted by Crippen LogP contribution is -2.18. The maximum Gasteiger partial charge on any atom is 0.131 e. The molecule has 0 amide bonds. The normalized spacial score (nSPS) is 12.4. The SMILES string of the molecule is CCc1nc(COc2c(C)cc(CC(C)N)cc2C)cs1. The summed E-state index contributed by atoms with van der Waals surface area (Å²) in [5.74, 6) is 0.967. The van der Waals surface area contributed by atoms with Gasteiger partial charge in [-0.15, -0.1) is 11.3 Å². The molecule has 0 aliphatic carbocycles. The minimum Gasteiger partial charge on any atom is -0.487 e. The molecule has 114 valence electrons. The molecule has 2 N–H and O–H groups in total. The maximum atomic E-state index is 5.98. The summed E-state index contributed by atoms with van der Waals surface area (Å²) in [5.41, 5.74) is 10.5. The van der Waals surface area contributed by atoms with Gasteiger partial charge in [0.15, 0.2) is 0 Å². The van der Waals surface area contributed by atoms with Crippen LogP contribution in [0.3, 0.4) is 0 Å². The summed E-state index contributed by atoms with van der Waals surface area (Å²) in [5, 5.41) is 3.24. The van der Waals surface area contributed by atoms with Crippen LogP contribution < -0.4 is 10.5 Å². The van der Waals surface area contributed by atoms with Gasteiger partial charge < -0.3 is 10.5 Å². The van der Waals surface area contributed by atoms with E-state index in [-0.39, 0.29) is 6.04 Å². The highest BCUT2D eigenvalue weighted by atomic mass is 32.1. The van der Waals surface area contributed by atoms with Gasteiger partial charge in [-0.2, -0.15) is 0 Å². The van der Waals surface area contributed by atoms with Gasteiger partial charge in [0.1, 0.15) is 12.4 Å². The first-order valence-corrected chi connectivity index (χ1v) is 8.29. The number of thiazole rings is 1. The summed E-state index contributed by atoms with van der Waals surface area (Å²) in [4.78, 5) is 4.54. The smallest absolute Gasteiger partial charge is 0.131 e. The molecule has 0 aliphatic heterocycles. The average Bonchev–Trinajstić information content (AvgIpc) is 2.85. The molecular formula is C17H24N2OS. The first-order valence-electron chi connectivity index (χ1n) is 7.41. The lowest BCUT2D eigenvalue weighted by Gasteiger charge is -2.14. The lowest BCUT2D eigenvalue weighted by atomic mass is 10.0. The fourth-order valence-corrected chi connectivity index (χ4v) is 3.21. The van der Waals surface area contributed by atoms with E-state index >= 15 is 0 Å². The Morgan fingerprint density at radius 2 is 1.95 bits per heavy atom. The van der Waals surface area contributed by atoms with Gasteiger partial charge in [0.25, 0.3) is 0 Å². The third-order valence-electron chi connectivity index (χ3n) is 3.34. The van der Waals surface area contributed by atoms with Crippen LogP contribution in [-0.4, -0.2) is 11.0 Å². The van der Waals surface area contributed by atoms with Crippen molar-refractivity contribution >= 4 is 11.3 Å². The molecule has 0 saturated heterocycles. The van der Waals surface area contributed by atoms with Crippen LogP contribution in [0.1, 0.15) is 41.2 Å².